The van der Waals surface area contributed by atoms with Crippen LogP contribution in [0.25, 0.3) is 0 Å². The first-order valence-electron chi connectivity index (χ1n) is 13.5. The van der Waals surface area contributed by atoms with Crippen molar-refractivity contribution in [1.29, 1.82) is 0 Å². The van der Waals surface area contributed by atoms with Crippen LogP contribution >= 0.6 is 0 Å². The molecule has 0 bridgehead atoms. The van der Waals surface area contributed by atoms with Crippen LogP contribution in [0.15, 0.2) is 48.9 Å². The molecule has 0 spiro atoms. The number of Topliss-reactive ketones (excluding diaryl/α,β-unsaturated/α-hetero) is 1. The Morgan fingerprint density at radius 1 is 1.13 bits per heavy atom. The quantitative estimate of drug-likeness (QED) is 0.477. The van der Waals surface area contributed by atoms with Gasteiger partial charge in [-0.3, -0.25) is 14.6 Å². The molecule has 1 aromatic carbocycles. The maximum atomic E-state index is 14.0. The van der Waals surface area contributed by atoms with Gasteiger partial charge in [-0.2, -0.15) is 0 Å². The highest BCUT2D eigenvalue weighted by Crippen LogP contribution is 2.52. The lowest BCUT2D eigenvalue weighted by molar-refractivity contribution is -0.846. The molecular formula is C28H39BN4O5. The Bertz CT molecular complexity index is 1170. The molecular weight excluding hydrogens is 483 g/mol. The van der Waals surface area contributed by atoms with Crippen LogP contribution in [0.4, 0.5) is 0 Å². The fourth-order valence-corrected chi connectivity index (χ4v) is 6.45. The Labute approximate surface area is 224 Å². The van der Waals surface area contributed by atoms with Crippen molar-refractivity contribution in [1.82, 2.24) is 15.3 Å². The van der Waals surface area contributed by atoms with Crippen molar-refractivity contribution in [3.05, 3.63) is 60.2 Å². The van der Waals surface area contributed by atoms with Crippen molar-refractivity contribution in [2.24, 2.45) is 5.92 Å². The minimum Gasteiger partial charge on any atom is -0.610 e. The molecule has 2 unspecified atom stereocenters. The van der Waals surface area contributed by atoms with Gasteiger partial charge >= 0.3 is 12.7 Å². The summed E-state index contributed by atoms with van der Waals surface area (Å²) < 4.78 is 13.1. The summed E-state index contributed by atoms with van der Waals surface area (Å²) >= 11 is 0. The smallest absolute Gasteiger partial charge is 0.532 e. The highest BCUT2D eigenvalue weighted by Gasteiger charge is 2.71. The number of carbonyl (C=O) groups is 3. The summed E-state index contributed by atoms with van der Waals surface area (Å²) in [6.07, 6.45) is 5.27. The van der Waals surface area contributed by atoms with E-state index in [4.69, 9.17) is 9.31 Å². The number of nitrogens with one attached hydrogen (secondary N) is 1. The predicted octanol–water partition coefficient (Wildman–Crippen LogP) is 3.33. The van der Waals surface area contributed by atoms with Crippen molar-refractivity contribution >= 4 is 24.3 Å². The van der Waals surface area contributed by atoms with Gasteiger partial charge in [-0.25, -0.2) is 9.78 Å². The van der Waals surface area contributed by atoms with Crippen LogP contribution in [0.3, 0.4) is 0 Å². The highest BCUT2D eigenvalue weighted by atomic mass is 16.7. The molecule has 204 valence electrons. The van der Waals surface area contributed by atoms with Gasteiger partial charge in [0, 0.05) is 19.4 Å². The SMILES string of the molecule is CC(C)C[C@H](CC(=O)[C@H](Cc1ccccc1)NC(=O)c1cnccn1)[B-]12OC(=O)[C@H](C)[N+]1(C)[C@H](C)[C@@H](C)O2. The number of carbonyl (C=O) groups excluding carboxylic acids is 3. The van der Waals surface area contributed by atoms with Gasteiger partial charge < -0.3 is 19.0 Å². The van der Waals surface area contributed by atoms with Gasteiger partial charge in [0.05, 0.1) is 24.4 Å². The molecule has 1 amide bonds. The van der Waals surface area contributed by atoms with Crippen LogP contribution in [0.2, 0.25) is 5.82 Å². The first-order chi connectivity index (χ1) is 18.0. The van der Waals surface area contributed by atoms with Crippen molar-refractivity contribution < 1.29 is 28.1 Å². The molecule has 0 saturated carbocycles. The molecule has 2 saturated heterocycles. The van der Waals surface area contributed by atoms with Crippen LogP contribution in [0, 0.1) is 5.92 Å². The summed E-state index contributed by atoms with van der Waals surface area (Å²) in [6, 6.07) is 8.42. The molecule has 2 fully saturated rings. The lowest BCUT2D eigenvalue weighted by Crippen LogP contribution is -2.68. The maximum absolute atomic E-state index is 14.0. The number of benzene rings is 1. The maximum Gasteiger partial charge on any atom is 0.532 e. The molecule has 2 aromatic rings. The Kier molecular flexibility index (Phi) is 8.04. The van der Waals surface area contributed by atoms with E-state index in [1.54, 1.807) is 0 Å². The average Bonchev–Trinajstić information content (AvgIpc) is 3.21. The number of ketones is 1. The largest absolute Gasteiger partial charge is 0.610 e. The van der Waals surface area contributed by atoms with Crippen LogP contribution in [-0.2, 0) is 25.3 Å². The first-order valence-corrected chi connectivity index (χ1v) is 13.5. The average molecular weight is 522 g/mol. The monoisotopic (exact) mass is 522 g/mol. The van der Waals surface area contributed by atoms with Crippen LogP contribution < -0.4 is 5.32 Å². The molecule has 10 heteroatoms. The van der Waals surface area contributed by atoms with E-state index in [1.165, 1.54) is 18.6 Å². The number of hydrogen-bond acceptors (Lipinski definition) is 7. The molecule has 4 rings (SSSR count). The summed E-state index contributed by atoms with van der Waals surface area (Å²) in [5.41, 5.74) is 1.07. The molecule has 1 aromatic heterocycles. The zero-order chi connectivity index (χ0) is 27.7. The summed E-state index contributed by atoms with van der Waals surface area (Å²) in [4.78, 5) is 48.1. The van der Waals surface area contributed by atoms with Gasteiger partial charge in [-0.05, 0) is 50.9 Å². The Morgan fingerprint density at radius 3 is 2.47 bits per heavy atom. The van der Waals surface area contributed by atoms with Gasteiger partial charge in [0.1, 0.15) is 11.7 Å². The van der Waals surface area contributed by atoms with E-state index in [0.717, 1.165) is 5.56 Å². The Balaban J connectivity index is 1.66. The molecule has 7 atom stereocenters. The molecule has 1 N–H and O–H groups in total. The van der Waals surface area contributed by atoms with Crippen molar-refractivity contribution in [2.75, 3.05) is 7.05 Å². The van der Waals surface area contributed by atoms with E-state index in [-0.39, 0.29) is 47.7 Å². The third-order valence-corrected chi connectivity index (χ3v) is 8.81. The number of aromatic nitrogens is 2. The lowest BCUT2D eigenvalue weighted by atomic mass is 9.51. The van der Waals surface area contributed by atoms with Crippen LogP contribution in [-0.4, -0.2) is 70.0 Å². The number of hydrogen-bond donors (Lipinski definition) is 1. The fraction of sp³-hybridized carbons (Fsp3) is 0.536. The number of fused-ring (bicyclic) bond motifs is 1. The van der Waals surface area contributed by atoms with Crippen molar-refractivity contribution in [3.8, 4) is 0 Å². The fourth-order valence-electron chi connectivity index (χ4n) is 6.45. The molecule has 2 aliphatic heterocycles. The normalized spacial score (nSPS) is 30.0. The second-order valence-corrected chi connectivity index (χ2v) is 11.5. The molecule has 0 radical (unpaired) electrons. The number of quaternary nitrogens is 1. The lowest BCUT2D eigenvalue weighted by Gasteiger charge is -2.51. The summed E-state index contributed by atoms with van der Waals surface area (Å²) in [5, 5.41) is 2.90. The minimum atomic E-state index is -2.15. The number of rotatable bonds is 10. The second-order valence-electron chi connectivity index (χ2n) is 11.5. The van der Waals surface area contributed by atoms with E-state index in [1.807, 2.05) is 51.2 Å². The van der Waals surface area contributed by atoms with E-state index in [9.17, 15) is 14.4 Å². The summed E-state index contributed by atoms with van der Waals surface area (Å²) in [5.74, 6) is -0.975. The van der Waals surface area contributed by atoms with Gasteiger partial charge in [0.2, 0.25) is 0 Å². The molecule has 3 heterocycles. The summed E-state index contributed by atoms with van der Waals surface area (Å²) in [7, 11) is 2.03. The van der Waals surface area contributed by atoms with Gasteiger partial charge in [0.15, 0.2) is 5.78 Å². The highest BCUT2D eigenvalue weighted by molar-refractivity contribution is 6.65. The van der Waals surface area contributed by atoms with Crippen LogP contribution in [0.1, 0.15) is 63.5 Å². The minimum absolute atomic E-state index is 0.0256. The molecule has 2 aliphatic rings. The zero-order valence-corrected chi connectivity index (χ0v) is 23.2. The van der Waals surface area contributed by atoms with E-state index in [0.29, 0.717) is 17.2 Å². The third kappa shape index (κ3) is 4.99. The standard InChI is InChI=1S/C28H39BN4O5/c1-18(2)14-23(29-33(6,19(3)21(5)37-29)20(4)28(36)38-29)16-26(34)24(15-22-10-8-7-9-11-22)32-27(35)25-17-30-12-13-31-25/h7-13,17-21,23-24H,14-16H2,1-6H3,(H,32,35)/t19-,20+,21-,23-,24+,29?,33?/m1/s1. The van der Waals surface area contributed by atoms with Gasteiger partial charge in [-0.15, -0.1) is 0 Å². The second kappa shape index (κ2) is 10.9. The van der Waals surface area contributed by atoms with Gasteiger partial charge in [0.25, 0.3) is 5.91 Å². The number of nitrogens with zero attached hydrogens (tertiary/aromatic N) is 3. The number of likely N-dealkylation sites (N-methyl/N-ethyl adjacent to an activating group) is 1. The van der Waals surface area contributed by atoms with E-state index < -0.39 is 24.7 Å². The van der Waals surface area contributed by atoms with Crippen LogP contribution in [0.5, 0.6) is 0 Å². The molecule has 38 heavy (non-hydrogen) atoms. The molecule has 9 nitrogen and oxygen atoms in total. The third-order valence-electron chi connectivity index (χ3n) is 8.81. The summed E-state index contributed by atoms with van der Waals surface area (Å²) in [6.45, 7) is 8.00. The van der Waals surface area contributed by atoms with Crippen molar-refractivity contribution in [3.63, 3.8) is 0 Å². The van der Waals surface area contributed by atoms with E-state index in [2.05, 4.69) is 36.1 Å². The predicted molar refractivity (Wildman–Crippen MR) is 144 cm³/mol. The van der Waals surface area contributed by atoms with E-state index >= 15 is 0 Å². The number of amides is 1. The Morgan fingerprint density at radius 2 is 1.84 bits per heavy atom. The topological polar surface area (TPSA) is 107 Å². The first kappa shape index (κ1) is 27.9. The Hall–Kier alpha value is -3.11. The van der Waals surface area contributed by atoms with Gasteiger partial charge in [-0.1, -0.05) is 50.6 Å². The molecule has 0 aliphatic carbocycles. The van der Waals surface area contributed by atoms with Crippen molar-refractivity contribution in [2.45, 2.75) is 83.9 Å². The zero-order valence-electron chi connectivity index (χ0n) is 23.2.